The number of likely N-dealkylation sites (tertiary alicyclic amines) is 1. The van der Waals surface area contributed by atoms with Crippen LogP contribution in [0.4, 0.5) is 4.39 Å². The Hall–Kier alpha value is -0.640. The lowest BCUT2D eigenvalue weighted by Crippen LogP contribution is -2.43. The van der Waals surface area contributed by atoms with E-state index >= 15 is 0 Å². The van der Waals surface area contributed by atoms with E-state index in [0.29, 0.717) is 22.5 Å². The summed E-state index contributed by atoms with van der Waals surface area (Å²) < 4.78 is 14.0. The zero-order valence-electron chi connectivity index (χ0n) is 12.3. The molecule has 1 aliphatic rings. The van der Waals surface area contributed by atoms with Crippen LogP contribution in [-0.4, -0.2) is 24.5 Å². The highest BCUT2D eigenvalue weighted by atomic mass is 35.5. The third kappa shape index (κ3) is 3.33. The molecule has 0 radical (unpaired) electrons. The molecule has 1 aromatic carbocycles. The quantitative estimate of drug-likeness (QED) is 0.910. The van der Waals surface area contributed by atoms with Crippen molar-refractivity contribution in [3.05, 3.63) is 34.6 Å². The smallest absolute Gasteiger partial charge is 0.128 e. The van der Waals surface area contributed by atoms with Gasteiger partial charge in [-0.1, -0.05) is 31.9 Å². The summed E-state index contributed by atoms with van der Waals surface area (Å²) in [5.74, 6) is -0.214. The summed E-state index contributed by atoms with van der Waals surface area (Å²) in [6.45, 7) is 6.94. The first-order chi connectivity index (χ1) is 9.49. The maximum atomic E-state index is 14.0. The predicted molar refractivity (Wildman–Crippen MR) is 82.4 cm³/mol. The molecule has 1 fully saturated rings. The van der Waals surface area contributed by atoms with Gasteiger partial charge in [0.2, 0.25) is 0 Å². The van der Waals surface area contributed by atoms with Crippen LogP contribution in [0.3, 0.4) is 0 Å². The molecule has 1 aliphatic heterocycles. The SMILES string of the molecule is CCC1(C)CCN(C(CN)c2cc(Cl)ccc2F)CC1. The molecule has 0 amide bonds. The van der Waals surface area contributed by atoms with Crippen molar-refractivity contribution in [1.29, 1.82) is 0 Å². The number of rotatable bonds is 4. The third-order valence-electron chi connectivity index (χ3n) is 4.84. The van der Waals surface area contributed by atoms with Gasteiger partial charge in [0.15, 0.2) is 0 Å². The summed E-state index contributed by atoms with van der Waals surface area (Å²) in [6.07, 6.45) is 3.48. The van der Waals surface area contributed by atoms with Gasteiger partial charge >= 0.3 is 0 Å². The number of nitrogens with two attached hydrogens (primary N) is 1. The summed E-state index contributed by atoms with van der Waals surface area (Å²) in [4.78, 5) is 2.30. The monoisotopic (exact) mass is 298 g/mol. The van der Waals surface area contributed by atoms with Crippen molar-refractivity contribution in [2.45, 2.75) is 39.2 Å². The van der Waals surface area contributed by atoms with E-state index in [2.05, 4.69) is 18.7 Å². The van der Waals surface area contributed by atoms with Gasteiger partial charge < -0.3 is 5.73 Å². The van der Waals surface area contributed by atoms with Gasteiger partial charge in [-0.25, -0.2) is 4.39 Å². The molecule has 1 saturated heterocycles. The maximum Gasteiger partial charge on any atom is 0.128 e. The van der Waals surface area contributed by atoms with E-state index in [0.717, 1.165) is 25.9 Å². The Morgan fingerprint density at radius 1 is 1.40 bits per heavy atom. The first-order valence-electron chi connectivity index (χ1n) is 7.38. The van der Waals surface area contributed by atoms with E-state index in [1.807, 2.05) is 0 Å². The van der Waals surface area contributed by atoms with Crippen LogP contribution in [-0.2, 0) is 0 Å². The predicted octanol–water partition coefficient (Wildman–Crippen LogP) is 3.99. The topological polar surface area (TPSA) is 29.3 Å². The Kier molecular flexibility index (Phi) is 5.05. The third-order valence-corrected chi connectivity index (χ3v) is 5.07. The largest absolute Gasteiger partial charge is 0.329 e. The van der Waals surface area contributed by atoms with Crippen LogP contribution in [0.15, 0.2) is 18.2 Å². The molecular formula is C16H24ClFN2. The summed E-state index contributed by atoms with van der Waals surface area (Å²) in [7, 11) is 0. The average molecular weight is 299 g/mol. The summed E-state index contributed by atoms with van der Waals surface area (Å²) >= 11 is 6.00. The molecule has 0 aromatic heterocycles. The molecule has 112 valence electrons. The van der Waals surface area contributed by atoms with Crippen LogP contribution in [0.2, 0.25) is 5.02 Å². The molecule has 1 atom stereocenters. The second-order valence-corrected chi connectivity index (χ2v) is 6.55. The first kappa shape index (κ1) is 15.7. The normalized spacial score (nSPS) is 20.9. The molecule has 2 nitrogen and oxygen atoms in total. The first-order valence-corrected chi connectivity index (χ1v) is 7.76. The average Bonchev–Trinajstić information content (AvgIpc) is 2.45. The van der Waals surface area contributed by atoms with Gasteiger partial charge in [0.25, 0.3) is 0 Å². The highest BCUT2D eigenvalue weighted by molar-refractivity contribution is 6.30. The van der Waals surface area contributed by atoms with Crippen molar-refractivity contribution < 1.29 is 4.39 Å². The van der Waals surface area contributed by atoms with Crippen LogP contribution < -0.4 is 5.73 Å². The number of halogens is 2. The van der Waals surface area contributed by atoms with Crippen molar-refractivity contribution in [3.8, 4) is 0 Å². The standard InChI is InChI=1S/C16H24ClFN2/c1-3-16(2)6-8-20(9-7-16)15(11-19)13-10-12(17)4-5-14(13)18/h4-5,10,15H,3,6-9,11,19H2,1-2H3. The Bertz CT molecular complexity index is 456. The zero-order chi connectivity index (χ0) is 14.8. The highest BCUT2D eigenvalue weighted by Crippen LogP contribution is 2.37. The van der Waals surface area contributed by atoms with Crippen molar-refractivity contribution in [2.75, 3.05) is 19.6 Å². The fourth-order valence-electron chi connectivity index (χ4n) is 2.97. The molecule has 4 heteroatoms. The lowest BCUT2D eigenvalue weighted by molar-refractivity contribution is 0.0816. The molecule has 1 unspecified atom stereocenters. The van der Waals surface area contributed by atoms with Gasteiger partial charge in [0.1, 0.15) is 5.82 Å². The Morgan fingerprint density at radius 3 is 2.60 bits per heavy atom. The summed E-state index contributed by atoms with van der Waals surface area (Å²) in [6, 6.07) is 4.65. The Morgan fingerprint density at radius 2 is 2.05 bits per heavy atom. The van der Waals surface area contributed by atoms with Crippen LogP contribution in [0, 0.1) is 11.2 Å². The molecule has 0 spiro atoms. The number of hydrogen-bond donors (Lipinski definition) is 1. The number of hydrogen-bond acceptors (Lipinski definition) is 2. The molecule has 1 heterocycles. The van der Waals surface area contributed by atoms with Crippen LogP contribution in [0.5, 0.6) is 0 Å². The Balaban J connectivity index is 2.15. The maximum absolute atomic E-state index is 14.0. The molecule has 0 bridgehead atoms. The minimum atomic E-state index is -0.214. The van der Waals surface area contributed by atoms with Crippen LogP contribution in [0.1, 0.15) is 44.7 Å². The zero-order valence-corrected chi connectivity index (χ0v) is 13.1. The highest BCUT2D eigenvalue weighted by Gasteiger charge is 2.32. The van der Waals surface area contributed by atoms with Gasteiger partial charge in [-0.2, -0.15) is 0 Å². The minimum absolute atomic E-state index is 0.0740. The second kappa shape index (κ2) is 6.42. The van der Waals surface area contributed by atoms with Crippen LogP contribution >= 0.6 is 11.6 Å². The fourth-order valence-corrected chi connectivity index (χ4v) is 3.15. The minimum Gasteiger partial charge on any atom is -0.329 e. The van der Waals surface area contributed by atoms with Gasteiger partial charge in [0.05, 0.1) is 0 Å². The molecule has 0 saturated carbocycles. The number of nitrogens with zero attached hydrogens (tertiary/aromatic N) is 1. The van der Waals surface area contributed by atoms with E-state index in [9.17, 15) is 4.39 Å². The lowest BCUT2D eigenvalue weighted by Gasteiger charge is -2.42. The van der Waals surface area contributed by atoms with Crippen LogP contribution in [0.25, 0.3) is 0 Å². The van der Waals surface area contributed by atoms with Crippen molar-refractivity contribution in [2.24, 2.45) is 11.1 Å². The van der Waals surface area contributed by atoms with Gasteiger partial charge in [0, 0.05) is 23.2 Å². The lowest BCUT2D eigenvalue weighted by atomic mass is 9.78. The Labute approximate surface area is 126 Å². The van der Waals surface area contributed by atoms with Crippen molar-refractivity contribution in [1.82, 2.24) is 4.90 Å². The van der Waals surface area contributed by atoms with E-state index in [1.165, 1.54) is 12.5 Å². The summed E-state index contributed by atoms with van der Waals surface area (Å²) in [5.41, 5.74) is 6.95. The second-order valence-electron chi connectivity index (χ2n) is 6.12. The van der Waals surface area contributed by atoms with Crippen molar-refractivity contribution >= 4 is 11.6 Å². The van der Waals surface area contributed by atoms with Crippen molar-refractivity contribution in [3.63, 3.8) is 0 Å². The molecular weight excluding hydrogens is 275 g/mol. The summed E-state index contributed by atoms with van der Waals surface area (Å²) in [5, 5.41) is 0.565. The van der Waals surface area contributed by atoms with E-state index in [-0.39, 0.29) is 11.9 Å². The van der Waals surface area contributed by atoms with Gasteiger partial charge in [-0.15, -0.1) is 0 Å². The molecule has 20 heavy (non-hydrogen) atoms. The van der Waals surface area contributed by atoms with Gasteiger partial charge in [-0.05, 0) is 49.5 Å². The fraction of sp³-hybridized carbons (Fsp3) is 0.625. The molecule has 1 aromatic rings. The van der Waals surface area contributed by atoms with E-state index < -0.39 is 0 Å². The van der Waals surface area contributed by atoms with E-state index in [4.69, 9.17) is 17.3 Å². The number of piperidine rings is 1. The van der Waals surface area contributed by atoms with E-state index in [1.54, 1.807) is 12.1 Å². The molecule has 2 N–H and O–H groups in total. The van der Waals surface area contributed by atoms with Gasteiger partial charge in [-0.3, -0.25) is 4.90 Å². The number of benzene rings is 1. The molecule has 2 rings (SSSR count). The molecule has 0 aliphatic carbocycles.